The van der Waals surface area contributed by atoms with Gasteiger partial charge in [-0.3, -0.25) is 0 Å². The Morgan fingerprint density at radius 1 is 1.56 bits per heavy atom. The van der Waals surface area contributed by atoms with Crippen LogP contribution in [0, 0.1) is 5.92 Å². The molecule has 0 aromatic heterocycles. The fraction of sp³-hybridized carbons (Fsp3) is 1.00. The number of halogens is 1. The second-order valence-electron chi connectivity index (χ2n) is 2.91. The highest BCUT2D eigenvalue weighted by Crippen LogP contribution is 2.22. The van der Waals surface area contributed by atoms with E-state index in [2.05, 4.69) is 0 Å². The molecule has 1 nitrogen and oxygen atoms in total. The molecule has 1 unspecified atom stereocenters. The van der Waals surface area contributed by atoms with Crippen molar-refractivity contribution in [2.24, 2.45) is 11.7 Å². The van der Waals surface area contributed by atoms with E-state index in [1.807, 2.05) is 6.92 Å². The van der Waals surface area contributed by atoms with Gasteiger partial charge in [0.15, 0.2) is 0 Å². The van der Waals surface area contributed by atoms with Crippen LogP contribution in [0.4, 0.5) is 4.39 Å². The third kappa shape index (κ3) is 2.80. The smallest absolute Gasteiger partial charge is 0.109 e. The van der Waals surface area contributed by atoms with Crippen molar-refractivity contribution in [2.75, 3.05) is 6.54 Å². The van der Waals surface area contributed by atoms with Crippen LogP contribution in [0.5, 0.6) is 0 Å². The number of hydrogen-bond donors (Lipinski definition) is 1. The van der Waals surface area contributed by atoms with Crippen molar-refractivity contribution in [3.05, 3.63) is 0 Å². The number of rotatable bonds is 3. The van der Waals surface area contributed by atoms with Gasteiger partial charge in [0, 0.05) is 5.92 Å². The van der Waals surface area contributed by atoms with Crippen LogP contribution >= 0.6 is 0 Å². The summed E-state index contributed by atoms with van der Waals surface area (Å²) in [6.07, 6.45) is 0.819. The molecule has 0 aromatic rings. The summed E-state index contributed by atoms with van der Waals surface area (Å²) in [6.45, 7) is 5.56. The third-order valence-corrected chi connectivity index (χ3v) is 1.75. The lowest BCUT2D eigenvalue weighted by Gasteiger charge is -2.23. The Labute approximate surface area is 56.4 Å². The Hall–Kier alpha value is -0.110. The zero-order valence-electron chi connectivity index (χ0n) is 6.45. The van der Waals surface area contributed by atoms with Gasteiger partial charge in [0.05, 0.1) is 0 Å². The minimum absolute atomic E-state index is 0.0116. The first-order valence-electron chi connectivity index (χ1n) is 3.41. The Bertz CT molecular complexity index is 71.5. The topological polar surface area (TPSA) is 26.0 Å². The van der Waals surface area contributed by atoms with Crippen molar-refractivity contribution in [3.63, 3.8) is 0 Å². The second-order valence-corrected chi connectivity index (χ2v) is 2.91. The van der Waals surface area contributed by atoms with Crippen LogP contribution in [-0.4, -0.2) is 12.2 Å². The zero-order valence-corrected chi connectivity index (χ0v) is 6.45. The molecule has 0 aliphatic heterocycles. The van der Waals surface area contributed by atoms with Crippen LogP contribution in [0.1, 0.15) is 27.2 Å². The highest BCUT2D eigenvalue weighted by atomic mass is 19.1. The predicted octanol–water partition coefficient (Wildman–Crippen LogP) is 1.72. The molecule has 0 aliphatic carbocycles. The molecule has 0 radical (unpaired) electrons. The first-order valence-corrected chi connectivity index (χ1v) is 3.41. The summed E-state index contributed by atoms with van der Waals surface area (Å²) in [6, 6.07) is 0. The third-order valence-electron chi connectivity index (χ3n) is 1.75. The first-order chi connectivity index (χ1) is 4.02. The maximum atomic E-state index is 13.0. The van der Waals surface area contributed by atoms with Crippen molar-refractivity contribution < 1.29 is 4.39 Å². The van der Waals surface area contributed by atoms with Crippen molar-refractivity contribution in [2.45, 2.75) is 32.9 Å². The van der Waals surface area contributed by atoms with Crippen molar-refractivity contribution in [1.82, 2.24) is 0 Å². The molecular formula is C7H16FN. The van der Waals surface area contributed by atoms with Gasteiger partial charge < -0.3 is 5.73 Å². The summed E-state index contributed by atoms with van der Waals surface area (Å²) in [5, 5.41) is 0. The quantitative estimate of drug-likeness (QED) is 0.623. The molecule has 0 saturated carbocycles. The molecule has 2 N–H and O–H groups in total. The average molecular weight is 133 g/mol. The zero-order chi connectivity index (χ0) is 7.49. The molecule has 0 saturated heterocycles. The molecule has 0 aliphatic rings. The van der Waals surface area contributed by atoms with Gasteiger partial charge in [-0.2, -0.15) is 0 Å². The van der Waals surface area contributed by atoms with Gasteiger partial charge in [0.2, 0.25) is 0 Å². The van der Waals surface area contributed by atoms with Crippen molar-refractivity contribution >= 4 is 0 Å². The Kier molecular flexibility index (Phi) is 3.12. The molecule has 0 rings (SSSR count). The molecule has 0 bridgehead atoms. The highest BCUT2D eigenvalue weighted by molar-refractivity contribution is 4.76. The van der Waals surface area contributed by atoms with E-state index in [1.165, 1.54) is 0 Å². The van der Waals surface area contributed by atoms with Crippen LogP contribution in [0.15, 0.2) is 0 Å². The maximum Gasteiger partial charge on any atom is 0.109 e. The largest absolute Gasteiger partial charge is 0.330 e. The molecule has 9 heavy (non-hydrogen) atoms. The van der Waals surface area contributed by atoms with E-state index in [1.54, 1.807) is 13.8 Å². The summed E-state index contributed by atoms with van der Waals surface area (Å²) in [4.78, 5) is 0. The van der Waals surface area contributed by atoms with Gasteiger partial charge in [0.25, 0.3) is 0 Å². The van der Waals surface area contributed by atoms with Gasteiger partial charge in [-0.05, 0) is 26.8 Å². The number of hydrogen-bond acceptors (Lipinski definition) is 1. The molecule has 0 amide bonds. The van der Waals surface area contributed by atoms with Gasteiger partial charge in [-0.1, -0.05) is 6.92 Å². The summed E-state index contributed by atoms with van der Waals surface area (Å²) in [7, 11) is 0. The highest BCUT2D eigenvalue weighted by Gasteiger charge is 2.25. The van der Waals surface area contributed by atoms with Crippen LogP contribution in [-0.2, 0) is 0 Å². The second kappa shape index (κ2) is 3.16. The summed E-state index contributed by atoms with van der Waals surface area (Å²) in [5.41, 5.74) is 4.22. The monoisotopic (exact) mass is 133 g/mol. The summed E-state index contributed by atoms with van der Waals surface area (Å²) >= 11 is 0. The first kappa shape index (κ1) is 8.89. The van der Waals surface area contributed by atoms with Crippen LogP contribution in [0.25, 0.3) is 0 Å². The Morgan fingerprint density at radius 3 is 2.00 bits per heavy atom. The summed E-state index contributed by atoms with van der Waals surface area (Å²) in [5.74, 6) is 0.0116. The maximum absolute atomic E-state index is 13.0. The molecule has 0 aromatic carbocycles. The van der Waals surface area contributed by atoms with Crippen LogP contribution in [0.3, 0.4) is 0 Å². The molecule has 0 fully saturated rings. The molecule has 2 heteroatoms. The predicted molar refractivity (Wildman–Crippen MR) is 38.0 cm³/mol. The van der Waals surface area contributed by atoms with E-state index in [0.29, 0.717) is 6.54 Å². The van der Waals surface area contributed by atoms with Crippen LogP contribution < -0.4 is 5.73 Å². The number of nitrogens with two attached hydrogens (primary N) is 1. The SMILES string of the molecule is CCC(CN)C(C)(C)F. The summed E-state index contributed by atoms with van der Waals surface area (Å²) < 4.78 is 13.0. The Balaban J connectivity index is 3.79. The minimum Gasteiger partial charge on any atom is -0.330 e. The standard InChI is InChI=1S/C7H16FN/c1-4-6(5-9)7(2,3)8/h6H,4-5,9H2,1-3H3. The van der Waals surface area contributed by atoms with E-state index in [-0.39, 0.29) is 5.92 Å². The molecule has 0 spiro atoms. The molecule has 0 heterocycles. The van der Waals surface area contributed by atoms with Gasteiger partial charge in [0.1, 0.15) is 5.67 Å². The lowest BCUT2D eigenvalue weighted by molar-refractivity contribution is 0.126. The Morgan fingerprint density at radius 2 is 2.00 bits per heavy atom. The van der Waals surface area contributed by atoms with Gasteiger partial charge >= 0.3 is 0 Å². The van der Waals surface area contributed by atoms with E-state index < -0.39 is 5.67 Å². The van der Waals surface area contributed by atoms with Gasteiger partial charge in [-0.15, -0.1) is 0 Å². The van der Waals surface area contributed by atoms with E-state index >= 15 is 0 Å². The average Bonchev–Trinajstić information content (AvgIpc) is 1.65. The van der Waals surface area contributed by atoms with Crippen molar-refractivity contribution in [1.29, 1.82) is 0 Å². The van der Waals surface area contributed by atoms with Gasteiger partial charge in [-0.25, -0.2) is 4.39 Å². The van der Waals surface area contributed by atoms with E-state index in [9.17, 15) is 4.39 Å². The van der Waals surface area contributed by atoms with Crippen molar-refractivity contribution in [3.8, 4) is 0 Å². The lowest BCUT2D eigenvalue weighted by atomic mass is 9.91. The van der Waals surface area contributed by atoms with E-state index in [4.69, 9.17) is 5.73 Å². The lowest BCUT2D eigenvalue weighted by Crippen LogP contribution is -2.31. The number of alkyl halides is 1. The molecule has 1 atom stereocenters. The fourth-order valence-corrected chi connectivity index (χ4v) is 0.932. The minimum atomic E-state index is -1.11. The molecular weight excluding hydrogens is 117 g/mol. The fourth-order valence-electron chi connectivity index (χ4n) is 0.932. The molecule has 56 valence electrons. The van der Waals surface area contributed by atoms with E-state index in [0.717, 1.165) is 6.42 Å². The van der Waals surface area contributed by atoms with Crippen LogP contribution in [0.2, 0.25) is 0 Å². The normalized spacial score (nSPS) is 15.7.